The minimum atomic E-state index is 0.105. The van der Waals surface area contributed by atoms with Gasteiger partial charge in [-0.3, -0.25) is 9.78 Å². The molecular weight excluding hydrogens is 298 g/mol. The van der Waals surface area contributed by atoms with E-state index in [-0.39, 0.29) is 11.9 Å². The van der Waals surface area contributed by atoms with Gasteiger partial charge in [-0.25, -0.2) is 0 Å². The van der Waals surface area contributed by atoms with Gasteiger partial charge in [-0.05, 0) is 37.0 Å². The zero-order valence-corrected chi connectivity index (χ0v) is 14.2. The highest BCUT2D eigenvalue weighted by Gasteiger charge is 2.46. The molecule has 3 heterocycles. The largest absolute Gasteiger partial charge is 0.331 e. The topological polar surface area (TPSA) is 45.2 Å². The van der Waals surface area contributed by atoms with E-state index in [2.05, 4.69) is 39.5 Å². The van der Waals surface area contributed by atoms with Crippen molar-refractivity contribution in [3.05, 3.63) is 65.0 Å². The summed E-state index contributed by atoms with van der Waals surface area (Å²) in [6, 6.07) is 12.6. The second kappa shape index (κ2) is 6.02. The van der Waals surface area contributed by atoms with E-state index >= 15 is 0 Å². The zero-order chi connectivity index (χ0) is 16.7. The summed E-state index contributed by atoms with van der Waals surface area (Å²) in [5, 5.41) is 3.49. The van der Waals surface area contributed by atoms with Crippen molar-refractivity contribution in [1.29, 1.82) is 0 Å². The van der Waals surface area contributed by atoms with Crippen LogP contribution in [0.15, 0.2) is 42.6 Å². The summed E-state index contributed by atoms with van der Waals surface area (Å²) in [5.41, 5.74) is 3.98. The summed E-state index contributed by atoms with van der Waals surface area (Å²) in [6.45, 7) is 6.80. The summed E-state index contributed by atoms with van der Waals surface area (Å²) >= 11 is 0. The number of carbonyl (C=O) groups is 1. The highest BCUT2D eigenvalue weighted by atomic mass is 16.2. The molecule has 124 valence electrons. The normalized spacial score (nSPS) is 25.8. The predicted octanol–water partition coefficient (Wildman–Crippen LogP) is 2.73. The lowest BCUT2D eigenvalue weighted by molar-refractivity contribution is 0.0713. The van der Waals surface area contributed by atoms with Crippen LogP contribution in [-0.4, -0.2) is 35.4 Å². The van der Waals surface area contributed by atoms with Gasteiger partial charge in [-0.15, -0.1) is 0 Å². The lowest BCUT2D eigenvalue weighted by Gasteiger charge is -2.28. The maximum absolute atomic E-state index is 13.2. The fourth-order valence-electron chi connectivity index (χ4n) is 4.13. The Kier molecular flexibility index (Phi) is 3.85. The van der Waals surface area contributed by atoms with Crippen LogP contribution in [0.2, 0.25) is 0 Å². The maximum Gasteiger partial charge on any atom is 0.255 e. The summed E-state index contributed by atoms with van der Waals surface area (Å²) in [6.07, 6.45) is 1.72. The molecule has 4 heteroatoms. The number of rotatable bonds is 2. The molecule has 0 saturated carbocycles. The van der Waals surface area contributed by atoms with Gasteiger partial charge >= 0.3 is 0 Å². The molecule has 2 aliphatic heterocycles. The molecule has 4 nitrogen and oxygen atoms in total. The van der Waals surface area contributed by atoms with E-state index in [9.17, 15) is 4.79 Å². The van der Waals surface area contributed by atoms with E-state index in [4.69, 9.17) is 0 Å². The van der Waals surface area contributed by atoms with Gasteiger partial charge in [-0.1, -0.05) is 30.3 Å². The Morgan fingerprint density at radius 1 is 1.21 bits per heavy atom. The van der Waals surface area contributed by atoms with Gasteiger partial charge in [0.25, 0.3) is 5.91 Å². The number of likely N-dealkylation sites (tertiary alicyclic amines) is 1. The number of aryl methyl sites for hydroxylation is 2. The van der Waals surface area contributed by atoms with Gasteiger partial charge in [0.15, 0.2) is 0 Å². The number of nitrogens with one attached hydrogen (secondary N) is 1. The maximum atomic E-state index is 13.2. The molecule has 4 rings (SSSR count). The van der Waals surface area contributed by atoms with Crippen molar-refractivity contribution in [2.24, 2.45) is 11.8 Å². The Bertz CT molecular complexity index is 759. The molecule has 0 aliphatic carbocycles. The van der Waals surface area contributed by atoms with E-state index in [1.807, 2.05) is 26.0 Å². The van der Waals surface area contributed by atoms with Crippen molar-refractivity contribution < 1.29 is 4.79 Å². The quantitative estimate of drug-likeness (QED) is 0.925. The lowest BCUT2D eigenvalue weighted by atomic mass is 9.89. The Labute approximate surface area is 142 Å². The van der Waals surface area contributed by atoms with Gasteiger partial charge < -0.3 is 10.2 Å². The Morgan fingerprint density at radius 2 is 2.00 bits per heavy atom. The molecule has 1 aromatic heterocycles. The third kappa shape index (κ3) is 2.51. The molecular formula is C20H23N3O. The summed E-state index contributed by atoms with van der Waals surface area (Å²) in [5.74, 6) is 1.14. The number of benzene rings is 1. The molecule has 0 bridgehead atoms. The van der Waals surface area contributed by atoms with E-state index in [1.54, 1.807) is 6.20 Å². The van der Waals surface area contributed by atoms with Crippen molar-refractivity contribution in [3.8, 4) is 0 Å². The van der Waals surface area contributed by atoms with Crippen LogP contribution in [0.1, 0.15) is 33.2 Å². The molecule has 2 saturated heterocycles. The van der Waals surface area contributed by atoms with Crippen LogP contribution >= 0.6 is 0 Å². The monoisotopic (exact) mass is 321 g/mol. The van der Waals surface area contributed by atoms with E-state index < -0.39 is 0 Å². The predicted molar refractivity (Wildman–Crippen MR) is 93.8 cm³/mol. The van der Waals surface area contributed by atoms with Gasteiger partial charge in [0.05, 0.1) is 11.6 Å². The van der Waals surface area contributed by atoms with Gasteiger partial charge in [0, 0.05) is 37.4 Å². The lowest BCUT2D eigenvalue weighted by Crippen LogP contribution is -2.34. The standard InChI is InChI=1S/C20H23N3O/c1-13-8-16(10-22-14(13)2)20(24)23-12-17-9-21-11-18(17)19(23)15-6-4-3-5-7-15/h3-8,10,17-19,21H,9,11-12H2,1-2H3/t17-,18-,19-/m0/s1. The van der Waals surface area contributed by atoms with Crippen LogP contribution < -0.4 is 5.32 Å². The average Bonchev–Trinajstić information content (AvgIpc) is 3.18. The molecule has 0 radical (unpaired) electrons. The fraction of sp³-hybridized carbons (Fsp3) is 0.400. The molecule has 2 fully saturated rings. The van der Waals surface area contributed by atoms with E-state index in [0.29, 0.717) is 17.4 Å². The number of fused-ring (bicyclic) bond motifs is 1. The summed E-state index contributed by atoms with van der Waals surface area (Å²) < 4.78 is 0. The van der Waals surface area contributed by atoms with Crippen LogP contribution in [0.4, 0.5) is 0 Å². The van der Waals surface area contributed by atoms with Gasteiger partial charge in [0.2, 0.25) is 0 Å². The molecule has 1 aromatic carbocycles. The Hall–Kier alpha value is -2.20. The smallest absolute Gasteiger partial charge is 0.255 e. The van der Waals surface area contributed by atoms with Crippen LogP contribution in [0, 0.1) is 25.7 Å². The minimum Gasteiger partial charge on any atom is -0.331 e. The van der Waals surface area contributed by atoms with Gasteiger partial charge in [0.1, 0.15) is 0 Å². The molecule has 2 aliphatic rings. The van der Waals surface area contributed by atoms with Crippen LogP contribution in [-0.2, 0) is 0 Å². The highest BCUT2D eigenvalue weighted by molar-refractivity contribution is 5.94. The number of carbonyl (C=O) groups excluding carboxylic acids is 1. The number of hydrogen-bond donors (Lipinski definition) is 1. The summed E-state index contributed by atoms with van der Waals surface area (Å²) in [7, 11) is 0. The summed E-state index contributed by atoms with van der Waals surface area (Å²) in [4.78, 5) is 19.6. The highest BCUT2D eigenvalue weighted by Crippen LogP contribution is 2.43. The fourth-order valence-corrected chi connectivity index (χ4v) is 4.13. The molecule has 3 atom stereocenters. The van der Waals surface area contributed by atoms with Crippen molar-refractivity contribution in [2.45, 2.75) is 19.9 Å². The van der Waals surface area contributed by atoms with Crippen LogP contribution in [0.3, 0.4) is 0 Å². The average molecular weight is 321 g/mol. The van der Waals surface area contributed by atoms with Gasteiger partial charge in [-0.2, -0.15) is 0 Å². The Morgan fingerprint density at radius 3 is 2.75 bits per heavy atom. The third-order valence-corrected chi connectivity index (χ3v) is 5.55. The number of aromatic nitrogens is 1. The number of nitrogens with zero attached hydrogens (tertiary/aromatic N) is 2. The third-order valence-electron chi connectivity index (χ3n) is 5.55. The second-order valence-electron chi connectivity index (χ2n) is 7.02. The first-order chi connectivity index (χ1) is 11.6. The van der Waals surface area contributed by atoms with Crippen molar-refractivity contribution >= 4 is 5.91 Å². The van der Waals surface area contributed by atoms with Crippen LogP contribution in [0.25, 0.3) is 0 Å². The van der Waals surface area contributed by atoms with E-state index in [0.717, 1.165) is 30.9 Å². The molecule has 0 unspecified atom stereocenters. The van der Waals surface area contributed by atoms with Crippen molar-refractivity contribution in [3.63, 3.8) is 0 Å². The molecule has 24 heavy (non-hydrogen) atoms. The molecule has 1 amide bonds. The molecule has 2 aromatic rings. The first-order valence-electron chi connectivity index (χ1n) is 8.65. The number of amides is 1. The number of pyridine rings is 1. The number of hydrogen-bond acceptors (Lipinski definition) is 3. The minimum absolute atomic E-state index is 0.105. The van der Waals surface area contributed by atoms with Crippen molar-refractivity contribution in [1.82, 2.24) is 15.2 Å². The first kappa shape index (κ1) is 15.3. The van der Waals surface area contributed by atoms with E-state index in [1.165, 1.54) is 5.56 Å². The second-order valence-corrected chi connectivity index (χ2v) is 7.02. The molecule has 1 N–H and O–H groups in total. The van der Waals surface area contributed by atoms with Crippen LogP contribution in [0.5, 0.6) is 0 Å². The first-order valence-corrected chi connectivity index (χ1v) is 8.65. The van der Waals surface area contributed by atoms with Crippen molar-refractivity contribution in [2.75, 3.05) is 19.6 Å². The molecule has 0 spiro atoms. The zero-order valence-electron chi connectivity index (χ0n) is 14.2. The Balaban J connectivity index is 1.69. The SMILES string of the molecule is Cc1cc(C(=O)N2C[C@@H]3CNC[C@@H]3[C@@H]2c2ccccc2)cnc1C.